The van der Waals surface area contributed by atoms with Gasteiger partial charge in [-0.15, -0.1) is 0 Å². The third kappa shape index (κ3) is 2.34. The number of rotatable bonds is 5. The van der Waals surface area contributed by atoms with Crippen LogP contribution in [0.3, 0.4) is 0 Å². The number of nitrogens with one attached hydrogen (secondary N) is 2. The number of benzene rings is 1. The van der Waals surface area contributed by atoms with E-state index < -0.39 is 10.9 Å². The summed E-state index contributed by atoms with van der Waals surface area (Å²) >= 11 is 0. The molecule has 0 aliphatic carbocycles. The van der Waals surface area contributed by atoms with Crippen molar-refractivity contribution in [3.05, 3.63) is 27.8 Å². The first kappa shape index (κ1) is 12.2. The van der Waals surface area contributed by atoms with E-state index in [1.165, 1.54) is 6.07 Å². The summed E-state index contributed by atoms with van der Waals surface area (Å²) < 4.78 is 0. The molecule has 0 bridgehead atoms. The van der Waals surface area contributed by atoms with Gasteiger partial charge in [-0.1, -0.05) is 0 Å². The van der Waals surface area contributed by atoms with Crippen LogP contribution in [0.15, 0.2) is 12.1 Å². The van der Waals surface area contributed by atoms with Crippen LogP contribution in [0.5, 0.6) is 0 Å². The molecular formula is C11H13N3O4. The van der Waals surface area contributed by atoms with Crippen molar-refractivity contribution in [2.24, 2.45) is 0 Å². The number of anilines is 2. The number of carbonyl (C=O) groups is 1. The van der Waals surface area contributed by atoms with Gasteiger partial charge in [0, 0.05) is 30.4 Å². The lowest BCUT2D eigenvalue weighted by molar-refractivity contribution is -0.384. The molecule has 3 N–H and O–H groups in total. The van der Waals surface area contributed by atoms with Gasteiger partial charge in [0.25, 0.3) is 5.69 Å². The molecule has 1 aliphatic heterocycles. The van der Waals surface area contributed by atoms with E-state index in [1.54, 1.807) is 6.07 Å². The molecule has 0 aromatic heterocycles. The molecule has 0 fully saturated rings. The molecule has 0 saturated carbocycles. The molecule has 7 heteroatoms. The number of carboxylic acids is 1. The van der Waals surface area contributed by atoms with Crippen LogP contribution < -0.4 is 10.6 Å². The van der Waals surface area contributed by atoms with E-state index in [0.717, 1.165) is 17.8 Å². The molecule has 0 atom stereocenters. The summed E-state index contributed by atoms with van der Waals surface area (Å²) in [4.78, 5) is 20.9. The first-order valence-electron chi connectivity index (χ1n) is 5.59. The Morgan fingerprint density at radius 2 is 2.33 bits per heavy atom. The Labute approximate surface area is 103 Å². The second-order valence-corrected chi connectivity index (χ2v) is 3.99. The van der Waals surface area contributed by atoms with Crippen molar-refractivity contribution in [2.45, 2.75) is 12.8 Å². The Bertz CT molecular complexity index is 501. The third-order valence-electron chi connectivity index (χ3n) is 2.82. The zero-order chi connectivity index (χ0) is 13.1. The molecule has 7 nitrogen and oxygen atoms in total. The molecule has 1 aromatic rings. The molecule has 0 amide bonds. The number of hydrogen-bond acceptors (Lipinski definition) is 5. The smallest absolute Gasteiger partial charge is 0.305 e. The number of hydrogen-bond donors (Lipinski definition) is 3. The van der Waals surface area contributed by atoms with Crippen molar-refractivity contribution in [3.8, 4) is 0 Å². The van der Waals surface area contributed by atoms with Gasteiger partial charge in [0.05, 0.1) is 11.3 Å². The first-order chi connectivity index (χ1) is 8.59. The summed E-state index contributed by atoms with van der Waals surface area (Å²) in [6, 6.07) is 3.11. The van der Waals surface area contributed by atoms with E-state index in [2.05, 4.69) is 10.6 Å². The monoisotopic (exact) mass is 251 g/mol. The predicted octanol–water partition coefficient (Wildman–Crippen LogP) is 1.45. The molecule has 0 radical (unpaired) electrons. The fraction of sp³-hybridized carbons (Fsp3) is 0.364. The van der Waals surface area contributed by atoms with Crippen LogP contribution in [0.1, 0.15) is 12.0 Å². The minimum Gasteiger partial charge on any atom is -0.481 e. The maximum atomic E-state index is 10.9. The molecule has 96 valence electrons. The zero-order valence-electron chi connectivity index (χ0n) is 9.60. The van der Waals surface area contributed by atoms with Crippen LogP contribution >= 0.6 is 0 Å². The maximum Gasteiger partial charge on any atom is 0.305 e. The SMILES string of the molecule is O=C(O)CCNc1c([N+](=O)[O-])ccc2c1CCN2. The van der Waals surface area contributed by atoms with E-state index in [0.29, 0.717) is 12.1 Å². The molecule has 2 rings (SSSR count). The second-order valence-electron chi connectivity index (χ2n) is 3.99. The van der Waals surface area contributed by atoms with Gasteiger partial charge >= 0.3 is 5.97 Å². The first-order valence-corrected chi connectivity index (χ1v) is 5.59. The highest BCUT2D eigenvalue weighted by molar-refractivity contribution is 5.77. The molecule has 0 unspecified atom stereocenters. The van der Waals surface area contributed by atoms with Gasteiger partial charge in [0.15, 0.2) is 0 Å². The highest BCUT2D eigenvalue weighted by Gasteiger charge is 2.23. The highest BCUT2D eigenvalue weighted by atomic mass is 16.6. The predicted molar refractivity (Wildman–Crippen MR) is 66.0 cm³/mol. The Kier molecular flexibility index (Phi) is 3.31. The summed E-state index contributed by atoms with van der Waals surface area (Å²) in [5.74, 6) is -0.934. The molecular weight excluding hydrogens is 238 g/mol. The summed E-state index contributed by atoms with van der Waals surface area (Å²) in [7, 11) is 0. The van der Waals surface area contributed by atoms with E-state index in [9.17, 15) is 14.9 Å². The normalized spacial score (nSPS) is 12.7. The van der Waals surface area contributed by atoms with Crippen LogP contribution in [0.25, 0.3) is 0 Å². The van der Waals surface area contributed by atoms with Gasteiger partial charge in [-0.05, 0) is 12.5 Å². The van der Waals surface area contributed by atoms with E-state index >= 15 is 0 Å². The van der Waals surface area contributed by atoms with Crippen molar-refractivity contribution in [2.75, 3.05) is 23.7 Å². The Morgan fingerprint density at radius 1 is 1.56 bits per heavy atom. The molecule has 0 saturated heterocycles. The van der Waals surface area contributed by atoms with Crippen LogP contribution in [0.2, 0.25) is 0 Å². The number of carboxylic acid groups (broad SMARTS) is 1. The largest absolute Gasteiger partial charge is 0.481 e. The zero-order valence-corrected chi connectivity index (χ0v) is 9.60. The van der Waals surface area contributed by atoms with Crippen molar-refractivity contribution in [1.82, 2.24) is 0 Å². The van der Waals surface area contributed by atoms with Gasteiger partial charge in [0.1, 0.15) is 5.69 Å². The number of nitro benzene ring substituents is 1. The minimum absolute atomic E-state index is 0.0113. The van der Waals surface area contributed by atoms with Crippen LogP contribution in [0.4, 0.5) is 17.1 Å². The molecule has 1 aromatic carbocycles. The molecule has 1 heterocycles. The van der Waals surface area contributed by atoms with E-state index in [1.807, 2.05) is 0 Å². The number of aliphatic carboxylic acids is 1. The summed E-state index contributed by atoms with van der Waals surface area (Å²) in [5, 5.41) is 25.5. The Hall–Kier alpha value is -2.31. The number of nitro groups is 1. The van der Waals surface area contributed by atoms with Gasteiger partial charge in [0.2, 0.25) is 0 Å². The van der Waals surface area contributed by atoms with Crippen LogP contribution in [0, 0.1) is 10.1 Å². The quantitative estimate of drug-likeness (QED) is 0.540. The summed E-state index contributed by atoms with van der Waals surface area (Å²) in [6.07, 6.45) is 0.626. The van der Waals surface area contributed by atoms with Gasteiger partial charge < -0.3 is 15.7 Å². The minimum atomic E-state index is -0.934. The van der Waals surface area contributed by atoms with Crippen LogP contribution in [-0.4, -0.2) is 29.1 Å². The Balaban J connectivity index is 2.27. The lowest BCUT2D eigenvalue weighted by atomic mass is 10.1. The maximum absolute atomic E-state index is 10.9. The fourth-order valence-electron chi connectivity index (χ4n) is 2.03. The van der Waals surface area contributed by atoms with E-state index in [4.69, 9.17) is 5.11 Å². The second kappa shape index (κ2) is 4.91. The highest BCUT2D eigenvalue weighted by Crippen LogP contribution is 2.36. The number of fused-ring (bicyclic) bond motifs is 1. The summed E-state index contributed by atoms with van der Waals surface area (Å²) in [5.41, 5.74) is 2.15. The third-order valence-corrected chi connectivity index (χ3v) is 2.82. The topological polar surface area (TPSA) is 104 Å². The number of nitrogens with zero attached hydrogens (tertiary/aromatic N) is 1. The van der Waals surface area contributed by atoms with E-state index in [-0.39, 0.29) is 18.7 Å². The molecule has 1 aliphatic rings. The lowest BCUT2D eigenvalue weighted by Crippen LogP contribution is -2.10. The average Bonchev–Trinajstić information content (AvgIpc) is 2.76. The van der Waals surface area contributed by atoms with Gasteiger partial charge in [-0.3, -0.25) is 14.9 Å². The molecule has 18 heavy (non-hydrogen) atoms. The lowest BCUT2D eigenvalue weighted by Gasteiger charge is -2.10. The van der Waals surface area contributed by atoms with Crippen molar-refractivity contribution in [3.63, 3.8) is 0 Å². The van der Waals surface area contributed by atoms with Crippen LogP contribution in [-0.2, 0) is 11.2 Å². The van der Waals surface area contributed by atoms with Crippen molar-refractivity contribution < 1.29 is 14.8 Å². The fourth-order valence-corrected chi connectivity index (χ4v) is 2.03. The van der Waals surface area contributed by atoms with Gasteiger partial charge in [-0.2, -0.15) is 0 Å². The molecule has 0 spiro atoms. The van der Waals surface area contributed by atoms with Gasteiger partial charge in [-0.25, -0.2) is 0 Å². The van der Waals surface area contributed by atoms with Crippen molar-refractivity contribution in [1.29, 1.82) is 0 Å². The Morgan fingerprint density at radius 3 is 3.00 bits per heavy atom. The average molecular weight is 251 g/mol. The van der Waals surface area contributed by atoms with Crippen molar-refractivity contribution >= 4 is 23.0 Å². The summed E-state index contributed by atoms with van der Waals surface area (Å²) in [6.45, 7) is 0.913. The standard InChI is InChI=1S/C11H13N3O4/c15-10(16)4-6-13-11-7-3-5-12-8(7)1-2-9(11)14(17)18/h1-2,12-13H,3-6H2,(H,15,16).